The zero-order valence-electron chi connectivity index (χ0n) is 17.8. The van der Waals surface area contributed by atoms with Gasteiger partial charge in [0.05, 0.1) is 24.1 Å². The van der Waals surface area contributed by atoms with Crippen LogP contribution in [0.3, 0.4) is 0 Å². The molecule has 0 spiro atoms. The summed E-state index contributed by atoms with van der Waals surface area (Å²) in [4.78, 5) is 24.4. The third-order valence-electron chi connectivity index (χ3n) is 6.35. The minimum Gasteiger partial charge on any atom is -0.441 e. The van der Waals surface area contributed by atoms with Crippen LogP contribution in [0, 0.1) is 5.82 Å². The number of benzene rings is 1. The Bertz CT molecular complexity index is 982. The molecule has 0 bridgehead atoms. The van der Waals surface area contributed by atoms with Gasteiger partial charge in [0, 0.05) is 13.0 Å². The van der Waals surface area contributed by atoms with E-state index in [-0.39, 0.29) is 11.9 Å². The van der Waals surface area contributed by atoms with E-state index in [1.807, 2.05) is 17.8 Å². The zero-order valence-corrected chi connectivity index (χ0v) is 17.8. The van der Waals surface area contributed by atoms with Crippen molar-refractivity contribution in [1.29, 1.82) is 0 Å². The SMILES string of the molecule is CC[C@@]1(CCCC2=Cc3c(cnn3-c3ccc(F)cc3)CC2)CN(CCC=O)C(=O)O1. The number of rotatable bonds is 9. The average molecular weight is 426 g/mol. The number of ether oxygens (including phenoxy) is 1. The summed E-state index contributed by atoms with van der Waals surface area (Å²) < 4.78 is 20.9. The fourth-order valence-corrected chi connectivity index (χ4v) is 4.49. The van der Waals surface area contributed by atoms with Crippen molar-refractivity contribution in [2.24, 2.45) is 0 Å². The minimum atomic E-state index is -0.462. The second-order valence-corrected chi connectivity index (χ2v) is 8.38. The number of fused-ring (bicyclic) bond motifs is 1. The Morgan fingerprint density at radius 1 is 1.26 bits per heavy atom. The molecule has 1 aromatic heterocycles. The van der Waals surface area contributed by atoms with Crippen LogP contribution in [0.1, 0.15) is 56.7 Å². The monoisotopic (exact) mass is 425 g/mol. The maximum absolute atomic E-state index is 13.3. The highest BCUT2D eigenvalue weighted by Gasteiger charge is 2.43. The van der Waals surface area contributed by atoms with Gasteiger partial charge in [0.1, 0.15) is 17.7 Å². The van der Waals surface area contributed by atoms with Crippen molar-refractivity contribution in [3.05, 3.63) is 53.1 Å². The van der Waals surface area contributed by atoms with E-state index in [0.717, 1.165) is 56.2 Å². The molecule has 0 radical (unpaired) electrons. The van der Waals surface area contributed by atoms with E-state index >= 15 is 0 Å². The lowest BCUT2D eigenvalue weighted by Gasteiger charge is -2.26. The molecule has 7 heteroatoms. The molecule has 2 aliphatic rings. The zero-order chi connectivity index (χ0) is 21.8. The van der Waals surface area contributed by atoms with Gasteiger partial charge in [-0.05, 0) is 74.4 Å². The van der Waals surface area contributed by atoms with Crippen LogP contribution < -0.4 is 0 Å². The van der Waals surface area contributed by atoms with Gasteiger partial charge in [0.15, 0.2) is 0 Å². The second kappa shape index (κ2) is 9.04. The first-order valence-corrected chi connectivity index (χ1v) is 11.0. The first-order valence-electron chi connectivity index (χ1n) is 11.0. The van der Waals surface area contributed by atoms with Crippen molar-refractivity contribution in [3.8, 4) is 5.69 Å². The number of allylic oxidation sites excluding steroid dienone is 1. The van der Waals surface area contributed by atoms with Crippen molar-refractivity contribution in [2.75, 3.05) is 13.1 Å². The molecule has 0 N–H and O–H groups in total. The smallest absolute Gasteiger partial charge is 0.410 e. The van der Waals surface area contributed by atoms with E-state index in [1.54, 1.807) is 17.0 Å². The normalized spacial score (nSPS) is 20.4. The van der Waals surface area contributed by atoms with E-state index in [2.05, 4.69) is 11.2 Å². The van der Waals surface area contributed by atoms with Gasteiger partial charge in [-0.2, -0.15) is 5.10 Å². The molecular weight excluding hydrogens is 397 g/mol. The molecule has 1 aliphatic heterocycles. The minimum absolute atomic E-state index is 0.261. The Labute approximate surface area is 181 Å². The van der Waals surface area contributed by atoms with E-state index in [1.165, 1.54) is 23.3 Å². The summed E-state index contributed by atoms with van der Waals surface area (Å²) in [6.45, 7) is 3.02. The Hall–Kier alpha value is -2.96. The van der Waals surface area contributed by atoms with E-state index in [9.17, 15) is 14.0 Å². The number of hydrogen-bond acceptors (Lipinski definition) is 4. The largest absolute Gasteiger partial charge is 0.441 e. The van der Waals surface area contributed by atoms with Crippen molar-refractivity contribution < 1.29 is 18.7 Å². The van der Waals surface area contributed by atoms with E-state index in [0.29, 0.717) is 19.5 Å². The number of cyclic esters (lactones) is 1. The molecule has 0 saturated carbocycles. The molecule has 1 aromatic carbocycles. The summed E-state index contributed by atoms with van der Waals surface area (Å²) in [5, 5.41) is 4.50. The average Bonchev–Trinajstić information content (AvgIpc) is 3.34. The lowest BCUT2D eigenvalue weighted by Crippen LogP contribution is -2.34. The number of aldehydes is 1. The maximum atomic E-state index is 13.3. The maximum Gasteiger partial charge on any atom is 0.410 e. The fourth-order valence-electron chi connectivity index (χ4n) is 4.49. The van der Waals surface area contributed by atoms with Gasteiger partial charge >= 0.3 is 6.09 Å². The number of aromatic nitrogens is 2. The number of aryl methyl sites for hydroxylation is 1. The van der Waals surface area contributed by atoms with Crippen LogP contribution in [0.2, 0.25) is 0 Å². The van der Waals surface area contributed by atoms with Crippen LogP contribution >= 0.6 is 0 Å². The van der Waals surface area contributed by atoms with Crippen LogP contribution in [0.4, 0.5) is 9.18 Å². The summed E-state index contributed by atoms with van der Waals surface area (Å²) in [5.74, 6) is -0.261. The predicted octanol–water partition coefficient (Wildman–Crippen LogP) is 4.70. The Kier molecular flexibility index (Phi) is 6.20. The highest BCUT2D eigenvalue weighted by Crippen LogP contribution is 2.34. The number of halogens is 1. The van der Waals surface area contributed by atoms with Crippen molar-refractivity contribution in [3.63, 3.8) is 0 Å². The molecule has 1 fully saturated rings. The Morgan fingerprint density at radius 3 is 2.81 bits per heavy atom. The molecular formula is C24H28FN3O3. The van der Waals surface area contributed by atoms with Gasteiger partial charge in [-0.3, -0.25) is 0 Å². The lowest BCUT2D eigenvalue weighted by molar-refractivity contribution is -0.108. The van der Waals surface area contributed by atoms with Crippen LogP contribution in [0.15, 0.2) is 36.0 Å². The van der Waals surface area contributed by atoms with E-state index < -0.39 is 5.60 Å². The molecule has 31 heavy (non-hydrogen) atoms. The highest BCUT2D eigenvalue weighted by molar-refractivity contribution is 5.71. The molecule has 1 atom stereocenters. The van der Waals surface area contributed by atoms with Gasteiger partial charge in [0.2, 0.25) is 0 Å². The summed E-state index contributed by atoms with van der Waals surface area (Å²) in [6, 6.07) is 6.37. The van der Waals surface area contributed by atoms with E-state index in [4.69, 9.17) is 4.74 Å². The van der Waals surface area contributed by atoms with Gasteiger partial charge < -0.3 is 14.4 Å². The standard InChI is InChI=1S/C24H28FN3O3/c1-2-24(17-27(13-4-14-29)23(30)31-24)12-3-5-18-6-7-19-16-26-28(22(19)15-18)21-10-8-20(25)9-11-21/h8-11,14-16H,2-7,12-13,17H2,1H3/t24-/m1/s1. The first-order chi connectivity index (χ1) is 15.0. The van der Waals surface area contributed by atoms with Crippen LogP contribution in [-0.2, 0) is 16.0 Å². The summed E-state index contributed by atoms with van der Waals surface area (Å²) in [7, 11) is 0. The summed E-state index contributed by atoms with van der Waals surface area (Å²) in [5.41, 5.74) is 4.00. The quantitative estimate of drug-likeness (QED) is 0.546. The molecule has 0 unspecified atom stereocenters. The van der Waals surface area contributed by atoms with Crippen molar-refractivity contribution in [2.45, 2.75) is 57.5 Å². The van der Waals surface area contributed by atoms with Gasteiger partial charge in [-0.1, -0.05) is 12.5 Å². The highest BCUT2D eigenvalue weighted by atomic mass is 19.1. The molecule has 2 heterocycles. The number of nitrogens with zero attached hydrogens (tertiary/aromatic N) is 3. The molecule has 164 valence electrons. The van der Waals surface area contributed by atoms with Crippen molar-refractivity contribution >= 4 is 18.5 Å². The summed E-state index contributed by atoms with van der Waals surface area (Å²) >= 11 is 0. The molecule has 6 nitrogen and oxygen atoms in total. The first kappa shape index (κ1) is 21.3. The predicted molar refractivity (Wildman–Crippen MR) is 115 cm³/mol. The number of hydrogen-bond donors (Lipinski definition) is 0. The Morgan fingerprint density at radius 2 is 2.06 bits per heavy atom. The molecule has 1 amide bonds. The summed E-state index contributed by atoms with van der Waals surface area (Å²) in [6.07, 6.45) is 10.3. The molecule has 1 aliphatic carbocycles. The third-order valence-corrected chi connectivity index (χ3v) is 6.35. The van der Waals surface area contributed by atoms with Gasteiger partial charge in [-0.15, -0.1) is 0 Å². The number of carbonyl (C=O) groups is 2. The van der Waals surface area contributed by atoms with Crippen LogP contribution in [0.25, 0.3) is 11.8 Å². The fraction of sp³-hybridized carbons (Fsp3) is 0.458. The lowest BCUT2D eigenvalue weighted by atomic mass is 9.89. The molecule has 2 aromatic rings. The number of amides is 1. The van der Waals surface area contributed by atoms with Gasteiger partial charge in [-0.25, -0.2) is 13.9 Å². The van der Waals surface area contributed by atoms with Gasteiger partial charge in [0.25, 0.3) is 0 Å². The Balaban J connectivity index is 1.41. The van der Waals surface area contributed by atoms with Crippen LogP contribution in [-0.4, -0.2) is 45.8 Å². The topological polar surface area (TPSA) is 64.4 Å². The number of carbonyl (C=O) groups excluding carboxylic acids is 2. The van der Waals surface area contributed by atoms with Crippen LogP contribution in [0.5, 0.6) is 0 Å². The molecule has 1 saturated heterocycles. The third kappa shape index (κ3) is 4.55. The van der Waals surface area contributed by atoms with Crippen molar-refractivity contribution in [1.82, 2.24) is 14.7 Å². The molecule has 4 rings (SSSR count). The second-order valence-electron chi connectivity index (χ2n) is 8.38.